The highest BCUT2D eigenvalue weighted by molar-refractivity contribution is 8.00. The molecule has 0 saturated carbocycles. The first-order valence-electron chi connectivity index (χ1n) is 11.2. The summed E-state index contributed by atoms with van der Waals surface area (Å²) in [6, 6.07) is 0.466. The highest BCUT2D eigenvalue weighted by Gasteiger charge is 2.42. The molecule has 0 aromatic carbocycles. The molecule has 2 aliphatic rings. The van der Waals surface area contributed by atoms with Crippen molar-refractivity contribution >= 4 is 29.8 Å². The van der Waals surface area contributed by atoms with Crippen LogP contribution in [0, 0.1) is 0 Å². The van der Waals surface area contributed by atoms with E-state index in [0.29, 0.717) is 24.8 Å². The molecule has 0 bridgehead atoms. The SMILES string of the molecule is CC(C)(C)OC(=O)NCCCCCCNC(=O)CCCC[C@@H]1SCC2NC(=O)N[C@@H]21. The standard InChI is InChI=1S/C21H38N4O4S/c1-21(2,3)29-20(28)23-13-9-5-4-8-12-22-17(26)11-7-6-10-16-18-15(14-30-16)24-19(27)25-18/h15-16,18H,4-14H2,1-3H3,(H,22,26)(H,23,28)(H2,24,25,27)/t15?,16-,18-/m0/s1. The second-order valence-corrected chi connectivity index (χ2v) is 10.3. The van der Waals surface area contributed by atoms with Gasteiger partial charge in [0, 0.05) is 30.5 Å². The second-order valence-electron chi connectivity index (χ2n) is 9.06. The fourth-order valence-electron chi connectivity index (χ4n) is 3.70. The van der Waals surface area contributed by atoms with Gasteiger partial charge in [-0.1, -0.05) is 19.3 Å². The minimum atomic E-state index is -0.466. The van der Waals surface area contributed by atoms with Crippen LogP contribution in [0.2, 0.25) is 0 Å². The van der Waals surface area contributed by atoms with Crippen LogP contribution in [0.1, 0.15) is 72.1 Å². The molecule has 1 unspecified atom stereocenters. The molecule has 2 heterocycles. The summed E-state index contributed by atoms with van der Waals surface area (Å²) in [5.74, 6) is 1.10. The molecule has 4 N–H and O–H groups in total. The van der Waals surface area contributed by atoms with Crippen molar-refractivity contribution in [3.63, 3.8) is 0 Å². The van der Waals surface area contributed by atoms with Crippen molar-refractivity contribution in [1.29, 1.82) is 0 Å². The number of carbonyl (C=O) groups is 3. The van der Waals surface area contributed by atoms with Crippen LogP contribution >= 0.6 is 11.8 Å². The lowest BCUT2D eigenvalue weighted by molar-refractivity contribution is -0.121. The number of hydrogen-bond acceptors (Lipinski definition) is 5. The van der Waals surface area contributed by atoms with Gasteiger partial charge >= 0.3 is 12.1 Å². The first kappa shape index (κ1) is 24.6. The minimum absolute atomic E-state index is 0.0472. The Kier molecular flexibility index (Phi) is 10.1. The Morgan fingerprint density at radius 1 is 1.03 bits per heavy atom. The Morgan fingerprint density at radius 2 is 1.73 bits per heavy atom. The summed E-state index contributed by atoms with van der Waals surface area (Å²) in [7, 11) is 0. The third-order valence-corrected chi connectivity index (χ3v) is 6.68. The van der Waals surface area contributed by atoms with E-state index in [1.54, 1.807) is 0 Å². The highest BCUT2D eigenvalue weighted by Crippen LogP contribution is 2.33. The maximum Gasteiger partial charge on any atom is 0.407 e. The maximum absolute atomic E-state index is 11.9. The molecule has 2 rings (SSSR count). The fourth-order valence-corrected chi connectivity index (χ4v) is 5.24. The first-order valence-corrected chi connectivity index (χ1v) is 12.2. The number of thioether (sulfide) groups is 1. The molecule has 4 amide bonds. The summed E-state index contributed by atoms with van der Waals surface area (Å²) >= 11 is 1.92. The number of fused-ring (bicyclic) bond motifs is 1. The second kappa shape index (κ2) is 12.3. The molecule has 0 aromatic heterocycles. The Bertz CT molecular complexity index is 582. The fraction of sp³-hybridized carbons (Fsp3) is 0.857. The van der Waals surface area contributed by atoms with Gasteiger partial charge in [0.15, 0.2) is 0 Å². The van der Waals surface area contributed by atoms with Crippen LogP contribution < -0.4 is 21.3 Å². The van der Waals surface area contributed by atoms with Crippen LogP contribution in [0.5, 0.6) is 0 Å². The van der Waals surface area contributed by atoms with Gasteiger partial charge in [-0.05, 0) is 46.5 Å². The molecule has 172 valence electrons. The lowest BCUT2D eigenvalue weighted by atomic mass is 10.0. The van der Waals surface area contributed by atoms with E-state index in [2.05, 4.69) is 21.3 Å². The molecule has 2 saturated heterocycles. The van der Waals surface area contributed by atoms with E-state index in [0.717, 1.165) is 50.7 Å². The zero-order valence-corrected chi connectivity index (χ0v) is 19.4. The van der Waals surface area contributed by atoms with E-state index in [9.17, 15) is 14.4 Å². The summed E-state index contributed by atoms with van der Waals surface area (Å²) in [5, 5.41) is 12.2. The summed E-state index contributed by atoms with van der Waals surface area (Å²) < 4.78 is 5.18. The number of ether oxygens (including phenoxy) is 1. The molecule has 8 nitrogen and oxygen atoms in total. The van der Waals surface area contributed by atoms with Crippen LogP contribution in [0.3, 0.4) is 0 Å². The van der Waals surface area contributed by atoms with Gasteiger partial charge in [-0.3, -0.25) is 4.79 Å². The summed E-state index contributed by atoms with van der Waals surface area (Å²) in [5.41, 5.74) is -0.466. The molecule has 0 radical (unpaired) electrons. The molecular formula is C21H38N4O4S. The molecule has 0 aliphatic carbocycles. The minimum Gasteiger partial charge on any atom is -0.444 e. The quantitative estimate of drug-likeness (QED) is 0.274. The number of carbonyl (C=O) groups excluding carboxylic acids is 3. The lowest BCUT2D eigenvalue weighted by Crippen LogP contribution is -2.36. The summed E-state index contributed by atoms with van der Waals surface area (Å²) in [6.07, 6.45) is 7.03. The molecule has 3 atom stereocenters. The van der Waals surface area contributed by atoms with Gasteiger partial charge < -0.3 is 26.0 Å². The van der Waals surface area contributed by atoms with Gasteiger partial charge in [0.25, 0.3) is 0 Å². The summed E-state index contributed by atoms with van der Waals surface area (Å²) in [6.45, 7) is 6.86. The van der Waals surface area contributed by atoms with Crippen molar-refractivity contribution in [2.45, 2.75) is 95.1 Å². The largest absolute Gasteiger partial charge is 0.444 e. The smallest absolute Gasteiger partial charge is 0.407 e. The van der Waals surface area contributed by atoms with E-state index in [1.165, 1.54) is 0 Å². The Labute approximate surface area is 184 Å². The molecule has 9 heteroatoms. The van der Waals surface area contributed by atoms with Crippen LogP contribution in [0.4, 0.5) is 9.59 Å². The number of amides is 4. The van der Waals surface area contributed by atoms with Gasteiger partial charge in [0.1, 0.15) is 5.60 Å². The van der Waals surface area contributed by atoms with Gasteiger partial charge in [0.2, 0.25) is 5.91 Å². The van der Waals surface area contributed by atoms with Crippen molar-refractivity contribution in [2.24, 2.45) is 0 Å². The van der Waals surface area contributed by atoms with E-state index >= 15 is 0 Å². The van der Waals surface area contributed by atoms with E-state index in [-0.39, 0.29) is 30.1 Å². The Hall–Kier alpha value is -1.64. The summed E-state index contributed by atoms with van der Waals surface area (Å²) in [4.78, 5) is 34.8. The third kappa shape index (κ3) is 9.45. The molecule has 0 spiro atoms. The normalized spacial score (nSPS) is 22.8. The Morgan fingerprint density at radius 3 is 2.43 bits per heavy atom. The predicted molar refractivity (Wildman–Crippen MR) is 120 cm³/mol. The average Bonchev–Trinajstić information content (AvgIpc) is 3.19. The molecule has 2 aliphatic heterocycles. The highest BCUT2D eigenvalue weighted by atomic mass is 32.2. The third-order valence-electron chi connectivity index (χ3n) is 5.17. The van der Waals surface area contributed by atoms with Crippen molar-refractivity contribution < 1.29 is 19.1 Å². The maximum atomic E-state index is 11.9. The number of nitrogens with one attached hydrogen (secondary N) is 4. The van der Waals surface area contributed by atoms with Gasteiger partial charge in [-0.15, -0.1) is 0 Å². The van der Waals surface area contributed by atoms with Gasteiger partial charge in [-0.25, -0.2) is 9.59 Å². The molecular weight excluding hydrogens is 404 g/mol. The zero-order chi connectivity index (χ0) is 22.0. The number of alkyl carbamates (subject to hydrolysis) is 1. The van der Waals surface area contributed by atoms with Crippen molar-refractivity contribution in [2.75, 3.05) is 18.8 Å². The lowest BCUT2D eigenvalue weighted by Gasteiger charge is -2.19. The van der Waals surface area contributed by atoms with Crippen LogP contribution in [-0.4, -0.2) is 59.8 Å². The van der Waals surface area contributed by atoms with Crippen LogP contribution in [-0.2, 0) is 9.53 Å². The predicted octanol–water partition coefficient (Wildman–Crippen LogP) is 2.91. The Balaban J connectivity index is 1.38. The number of rotatable bonds is 12. The van der Waals surface area contributed by atoms with E-state index in [1.807, 2.05) is 32.5 Å². The molecule has 30 heavy (non-hydrogen) atoms. The first-order chi connectivity index (χ1) is 14.2. The number of urea groups is 1. The van der Waals surface area contributed by atoms with E-state index in [4.69, 9.17) is 4.74 Å². The van der Waals surface area contributed by atoms with Crippen molar-refractivity contribution in [3.05, 3.63) is 0 Å². The monoisotopic (exact) mass is 442 g/mol. The zero-order valence-electron chi connectivity index (χ0n) is 18.6. The van der Waals surface area contributed by atoms with Crippen LogP contribution in [0.25, 0.3) is 0 Å². The van der Waals surface area contributed by atoms with Crippen molar-refractivity contribution in [1.82, 2.24) is 21.3 Å². The number of hydrogen-bond donors (Lipinski definition) is 4. The molecule has 2 fully saturated rings. The van der Waals surface area contributed by atoms with Gasteiger partial charge in [-0.2, -0.15) is 11.8 Å². The van der Waals surface area contributed by atoms with E-state index < -0.39 is 5.60 Å². The van der Waals surface area contributed by atoms with Crippen molar-refractivity contribution in [3.8, 4) is 0 Å². The van der Waals surface area contributed by atoms with Gasteiger partial charge in [0.05, 0.1) is 12.1 Å². The van der Waals surface area contributed by atoms with Crippen LogP contribution in [0.15, 0.2) is 0 Å². The topological polar surface area (TPSA) is 109 Å². The number of unbranched alkanes of at least 4 members (excludes halogenated alkanes) is 4. The molecule has 0 aromatic rings. The average molecular weight is 443 g/mol.